The first kappa shape index (κ1) is 17.2. The quantitative estimate of drug-likeness (QED) is 0.599. The Balaban J connectivity index is 2.46. The molecule has 6 heteroatoms. The Morgan fingerprint density at radius 2 is 1.81 bits per heavy atom. The van der Waals surface area contributed by atoms with E-state index in [1.165, 1.54) is 0 Å². The van der Waals surface area contributed by atoms with Crippen LogP contribution in [-0.4, -0.2) is 6.61 Å². The van der Waals surface area contributed by atoms with E-state index >= 15 is 0 Å². The van der Waals surface area contributed by atoms with Gasteiger partial charge in [-0.05, 0) is 64.9 Å². The van der Waals surface area contributed by atoms with Gasteiger partial charge in [0, 0.05) is 19.7 Å². The fraction of sp³-hybridized carbons (Fsp3) is 0.200. The predicted octanol–water partition coefficient (Wildman–Crippen LogP) is 5.70. The molecule has 1 unspecified atom stereocenters. The first-order chi connectivity index (χ1) is 9.93. The molecule has 2 nitrogen and oxygen atoms in total. The summed E-state index contributed by atoms with van der Waals surface area (Å²) < 4.78 is 6.44. The molecule has 0 aliphatic rings. The van der Waals surface area contributed by atoms with Crippen LogP contribution in [0, 0.1) is 3.57 Å². The highest BCUT2D eigenvalue weighted by molar-refractivity contribution is 14.1. The number of ether oxygens (including phenoxy) is 1. The second kappa shape index (κ2) is 7.38. The summed E-state index contributed by atoms with van der Waals surface area (Å²) in [6.45, 7) is 2.41. The van der Waals surface area contributed by atoms with Crippen molar-refractivity contribution in [3.63, 3.8) is 0 Å². The fourth-order valence-corrected chi connectivity index (χ4v) is 3.32. The van der Waals surface area contributed by atoms with Gasteiger partial charge < -0.3 is 10.5 Å². The summed E-state index contributed by atoms with van der Waals surface area (Å²) >= 11 is 20.8. The van der Waals surface area contributed by atoms with Crippen LogP contribution in [0.5, 0.6) is 5.75 Å². The van der Waals surface area contributed by atoms with E-state index in [9.17, 15) is 0 Å². The fourth-order valence-electron chi connectivity index (χ4n) is 1.97. The van der Waals surface area contributed by atoms with E-state index < -0.39 is 6.04 Å². The summed E-state index contributed by atoms with van der Waals surface area (Å²) in [5.41, 5.74) is 7.98. The lowest BCUT2D eigenvalue weighted by molar-refractivity contribution is 0.340. The van der Waals surface area contributed by atoms with Crippen LogP contribution in [0.2, 0.25) is 15.1 Å². The Bertz CT molecular complexity index is 664. The molecule has 21 heavy (non-hydrogen) atoms. The molecule has 0 aromatic heterocycles. The Morgan fingerprint density at radius 1 is 1.10 bits per heavy atom. The smallest absolute Gasteiger partial charge is 0.139 e. The van der Waals surface area contributed by atoms with Gasteiger partial charge >= 0.3 is 0 Å². The molecule has 0 spiro atoms. The summed E-state index contributed by atoms with van der Waals surface area (Å²) in [6, 6.07) is 8.62. The molecule has 0 aliphatic heterocycles. The van der Waals surface area contributed by atoms with Gasteiger partial charge in [0.1, 0.15) is 5.75 Å². The van der Waals surface area contributed by atoms with Crippen LogP contribution in [-0.2, 0) is 0 Å². The summed E-state index contributed by atoms with van der Waals surface area (Å²) in [5.74, 6) is 0.556. The van der Waals surface area contributed by atoms with Gasteiger partial charge in [0.05, 0.1) is 17.7 Å². The Hall–Kier alpha value is -0.200. The lowest BCUT2D eigenvalue weighted by Gasteiger charge is -2.18. The van der Waals surface area contributed by atoms with Crippen molar-refractivity contribution in [2.45, 2.75) is 13.0 Å². The zero-order valence-corrected chi connectivity index (χ0v) is 15.6. The number of benzene rings is 2. The van der Waals surface area contributed by atoms with Gasteiger partial charge in [-0.15, -0.1) is 0 Å². The van der Waals surface area contributed by atoms with Gasteiger partial charge in [0.2, 0.25) is 0 Å². The second-order valence-electron chi connectivity index (χ2n) is 4.38. The molecule has 0 aliphatic carbocycles. The van der Waals surface area contributed by atoms with Crippen molar-refractivity contribution < 1.29 is 4.74 Å². The molecule has 0 saturated heterocycles. The van der Waals surface area contributed by atoms with E-state index in [1.807, 2.05) is 25.1 Å². The lowest BCUT2D eigenvalue weighted by Crippen LogP contribution is -2.14. The van der Waals surface area contributed by atoms with E-state index in [1.54, 1.807) is 12.1 Å². The van der Waals surface area contributed by atoms with Crippen molar-refractivity contribution in [2.24, 2.45) is 5.73 Å². The Morgan fingerprint density at radius 3 is 2.48 bits per heavy atom. The van der Waals surface area contributed by atoms with Crippen LogP contribution in [0.25, 0.3) is 0 Å². The molecule has 0 fully saturated rings. The summed E-state index contributed by atoms with van der Waals surface area (Å²) in [4.78, 5) is 0. The highest BCUT2D eigenvalue weighted by Crippen LogP contribution is 2.37. The molecule has 0 amide bonds. The van der Waals surface area contributed by atoms with Crippen molar-refractivity contribution in [3.05, 3.63) is 60.1 Å². The van der Waals surface area contributed by atoms with Gasteiger partial charge in [-0.3, -0.25) is 0 Å². The van der Waals surface area contributed by atoms with Crippen LogP contribution in [0.4, 0.5) is 0 Å². The zero-order valence-electron chi connectivity index (χ0n) is 11.2. The normalized spacial score (nSPS) is 12.3. The van der Waals surface area contributed by atoms with Gasteiger partial charge in [-0.2, -0.15) is 0 Å². The van der Waals surface area contributed by atoms with Crippen molar-refractivity contribution in [1.82, 2.24) is 0 Å². The summed E-state index contributed by atoms with van der Waals surface area (Å²) in [6.07, 6.45) is 0. The van der Waals surface area contributed by atoms with Gasteiger partial charge in [-0.1, -0.05) is 34.8 Å². The van der Waals surface area contributed by atoms with Gasteiger partial charge in [0.15, 0.2) is 0 Å². The molecule has 0 radical (unpaired) electrons. The van der Waals surface area contributed by atoms with E-state index in [2.05, 4.69) is 22.6 Å². The number of halogens is 4. The van der Waals surface area contributed by atoms with E-state index in [0.29, 0.717) is 27.4 Å². The molecule has 2 aromatic rings. The molecule has 0 heterocycles. The maximum absolute atomic E-state index is 6.33. The van der Waals surface area contributed by atoms with Crippen molar-refractivity contribution in [1.29, 1.82) is 0 Å². The molecule has 112 valence electrons. The van der Waals surface area contributed by atoms with Crippen molar-refractivity contribution in [3.8, 4) is 5.75 Å². The monoisotopic (exact) mass is 455 g/mol. The minimum atomic E-state index is -0.406. The average molecular weight is 457 g/mol. The second-order valence-corrected chi connectivity index (χ2v) is 6.79. The molecule has 2 rings (SSSR count). The highest BCUT2D eigenvalue weighted by Gasteiger charge is 2.18. The maximum Gasteiger partial charge on any atom is 0.139 e. The lowest BCUT2D eigenvalue weighted by atomic mass is 9.99. The Kier molecular flexibility index (Phi) is 6.03. The van der Waals surface area contributed by atoms with E-state index in [4.69, 9.17) is 45.3 Å². The average Bonchev–Trinajstić information content (AvgIpc) is 2.44. The highest BCUT2D eigenvalue weighted by atomic mass is 127. The van der Waals surface area contributed by atoms with E-state index in [-0.39, 0.29) is 0 Å². The molecule has 0 saturated carbocycles. The van der Waals surface area contributed by atoms with Crippen LogP contribution in [0.1, 0.15) is 24.1 Å². The summed E-state index contributed by atoms with van der Waals surface area (Å²) in [5, 5.41) is 1.64. The number of nitrogens with two attached hydrogens (primary N) is 1. The Labute approximate surface area is 152 Å². The first-order valence-electron chi connectivity index (χ1n) is 6.26. The maximum atomic E-state index is 6.33. The van der Waals surface area contributed by atoms with Crippen LogP contribution < -0.4 is 10.5 Å². The van der Waals surface area contributed by atoms with Crippen LogP contribution in [0.3, 0.4) is 0 Å². The molecular formula is C15H13Cl3INO. The molecule has 0 bridgehead atoms. The third-order valence-electron chi connectivity index (χ3n) is 2.98. The third-order valence-corrected chi connectivity index (χ3v) is 4.82. The topological polar surface area (TPSA) is 35.2 Å². The first-order valence-corrected chi connectivity index (χ1v) is 8.47. The standard InChI is InChI=1S/C15H13Cl3INO/c1-2-21-14-7-11(17)9(6-12(14)18)15(20)10-5-8(16)3-4-13(10)19/h3-7,15H,2,20H2,1H3. The van der Waals surface area contributed by atoms with E-state index in [0.717, 1.165) is 14.7 Å². The largest absolute Gasteiger partial charge is 0.492 e. The molecule has 2 aromatic carbocycles. The predicted molar refractivity (Wildman–Crippen MR) is 97.8 cm³/mol. The number of rotatable bonds is 4. The molecule has 2 N–H and O–H groups in total. The van der Waals surface area contributed by atoms with Crippen LogP contribution >= 0.6 is 57.4 Å². The SMILES string of the molecule is CCOc1cc(Cl)c(C(N)c2cc(Cl)ccc2I)cc1Cl. The zero-order chi connectivity index (χ0) is 15.6. The molecule has 1 atom stereocenters. The number of hydrogen-bond donors (Lipinski definition) is 1. The minimum absolute atomic E-state index is 0.406. The van der Waals surface area contributed by atoms with Gasteiger partial charge in [0.25, 0.3) is 0 Å². The molecular weight excluding hydrogens is 443 g/mol. The summed E-state index contributed by atoms with van der Waals surface area (Å²) in [7, 11) is 0. The van der Waals surface area contributed by atoms with Crippen molar-refractivity contribution in [2.75, 3.05) is 6.61 Å². The third kappa shape index (κ3) is 3.96. The number of hydrogen-bond acceptors (Lipinski definition) is 2. The van der Waals surface area contributed by atoms with Gasteiger partial charge in [-0.25, -0.2) is 0 Å². The minimum Gasteiger partial charge on any atom is -0.492 e. The van der Waals surface area contributed by atoms with Crippen LogP contribution in [0.15, 0.2) is 30.3 Å². The van der Waals surface area contributed by atoms with Crippen molar-refractivity contribution >= 4 is 57.4 Å².